The van der Waals surface area contributed by atoms with E-state index in [0.717, 1.165) is 0 Å². The molecule has 0 fully saturated rings. The molecule has 19 nitrogen and oxygen atoms in total. The van der Waals surface area contributed by atoms with Crippen molar-refractivity contribution in [3.8, 4) is 0 Å². The fourth-order valence-electron chi connectivity index (χ4n) is 8.23. The molecule has 20 heteroatoms. The molecule has 0 aliphatic carbocycles. The predicted molar refractivity (Wildman–Crippen MR) is 291 cm³/mol. The fourth-order valence-corrected chi connectivity index (χ4v) is 8.49. The molecule has 0 bridgehead atoms. The van der Waals surface area contributed by atoms with Gasteiger partial charge in [-0.2, -0.15) is 12.6 Å². The maximum absolute atomic E-state index is 14.4. The second-order valence-electron chi connectivity index (χ2n) is 22.4. The molecule has 1 aromatic carbocycles. The molecule has 0 unspecified atom stereocenters. The van der Waals surface area contributed by atoms with Crippen molar-refractivity contribution in [2.24, 2.45) is 47.2 Å². The zero-order valence-corrected chi connectivity index (χ0v) is 47.5. The fraction of sp³-hybridized carbons (Fsp3) is 0.722. The second kappa shape index (κ2) is 33.6. The third-order valence-corrected chi connectivity index (χ3v) is 12.6. The molecule has 1 rings (SSSR count). The van der Waals surface area contributed by atoms with Crippen LogP contribution in [0.15, 0.2) is 30.3 Å². The minimum atomic E-state index is -1.27. The number of carboxylic acids is 1. The Bertz CT molecular complexity index is 1970. The van der Waals surface area contributed by atoms with Gasteiger partial charge in [0.05, 0.1) is 6.04 Å². The first kappa shape index (κ1) is 66.8. The molecule has 1 aromatic rings. The molecule has 74 heavy (non-hydrogen) atoms. The smallest absolute Gasteiger partial charge is 0.326 e. The molecule has 420 valence electrons. The summed E-state index contributed by atoms with van der Waals surface area (Å²) in [5.41, 5.74) is 6.81. The Balaban J connectivity index is 3.47. The van der Waals surface area contributed by atoms with Crippen LogP contribution in [0.2, 0.25) is 0 Å². The standard InChI is InChI=1S/C54H93N9O10S/c1-15-35(14)45(53(71)60-42(27-36-19-17-16-18-20-36)50(68)58-39(23-31(6)7)48(66)61-43(54(72)73)26-34(12)13)63-51(69)41(25-33(10)11)59-52(70)44(28-74)62-49(67)40(24-32(8)9)57-47(65)38(22-30(4)5)56-46(64)37(55)21-29(2)3/h16-20,29-35,37-45,74H,15,21-28,55H2,1-14H3,(H,56,64)(H,57,65)(H,58,68)(H,59,70)(H,60,71)(H,61,66)(H,62,67)(H,63,69)(H,72,73)/t35-,37-,38-,39-,40-,41-,42-,43-,44-,45-/m0/s1. The van der Waals surface area contributed by atoms with Gasteiger partial charge in [0.25, 0.3) is 0 Å². The number of hydrogen-bond acceptors (Lipinski definition) is 11. The van der Waals surface area contributed by atoms with Crippen molar-refractivity contribution in [3.63, 3.8) is 0 Å². The van der Waals surface area contributed by atoms with Crippen molar-refractivity contribution in [2.45, 2.75) is 203 Å². The molecule has 0 radical (unpaired) electrons. The van der Waals surface area contributed by atoms with Crippen LogP contribution < -0.4 is 48.3 Å². The Morgan fingerprint density at radius 3 is 1.11 bits per heavy atom. The topological polar surface area (TPSA) is 296 Å². The van der Waals surface area contributed by atoms with Crippen molar-refractivity contribution >= 4 is 65.9 Å². The summed E-state index contributed by atoms with van der Waals surface area (Å²) < 4.78 is 0. The highest BCUT2D eigenvalue weighted by Crippen LogP contribution is 2.16. The first-order valence-electron chi connectivity index (χ1n) is 26.6. The van der Waals surface area contributed by atoms with E-state index in [-0.39, 0.29) is 79.8 Å². The van der Waals surface area contributed by atoms with Crippen molar-refractivity contribution in [1.82, 2.24) is 42.5 Å². The Kier molecular flexibility index (Phi) is 30.3. The van der Waals surface area contributed by atoms with Gasteiger partial charge in [0.2, 0.25) is 47.3 Å². The number of benzene rings is 1. The highest BCUT2D eigenvalue weighted by molar-refractivity contribution is 7.80. The SMILES string of the molecule is CC[C@H](C)[C@H](NC(=O)[C@H](CC(C)C)NC(=O)[C@H](CS)NC(=O)[C@H](CC(C)C)NC(=O)[C@H](CC(C)C)NC(=O)[C@@H](N)CC(C)C)C(=O)N[C@@H](Cc1ccccc1)C(=O)N[C@@H](CC(C)C)C(=O)N[C@@H](CC(C)C)C(=O)O. The third-order valence-electron chi connectivity index (χ3n) is 12.3. The van der Waals surface area contributed by atoms with Gasteiger partial charge in [-0.1, -0.05) is 134 Å². The van der Waals surface area contributed by atoms with Crippen LogP contribution in [-0.2, 0) is 49.6 Å². The number of carboxylic acid groups (broad SMARTS) is 1. The zero-order valence-electron chi connectivity index (χ0n) is 46.6. The Labute approximate surface area is 446 Å². The maximum atomic E-state index is 14.4. The van der Waals surface area contributed by atoms with Gasteiger partial charge in [0, 0.05) is 12.2 Å². The molecule has 0 heterocycles. The first-order valence-corrected chi connectivity index (χ1v) is 27.2. The molecule has 8 amide bonds. The van der Waals surface area contributed by atoms with Crippen molar-refractivity contribution < 1.29 is 48.3 Å². The number of carbonyl (C=O) groups excluding carboxylic acids is 8. The number of rotatable bonds is 34. The van der Waals surface area contributed by atoms with Crippen LogP contribution in [0.25, 0.3) is 0 Å². The Morgan fingerprint density at radius 1 is 0.432 bits per heavy atom. The lowest BCUT2D eigenvalue weighted by molar-refractivity contribution is -0.143. The highest BCUT2D eigenvalue weighted by atomic mass is 32.1. The van der Waals surface area contributed by atoms with Crippen LogP contribution in [0.1, 0.15) is 147 Å². The van der Waals surface area contributed by atoms with E-state index in [9.17, 15) is 48.3 Å². The van der Waals surface area contributed by atoms with Crippen molar-refractivity contribution in [2.75, 3.05) is 5.75 Å². The highest BCUT2D eigenvalue weighted by Gasteiger charge is 2.37. The van der Waals surface area contributed by atoms with E-state index in [0.29, 0.717) is 18.4 Å². The molecule has 11 N–H and O–H groups in total. The van der Waals surface area contributed by atoms with Crippen LogP contribution >= 0.6 is 12.6 Å². The van der Waals surface area contributed by atoms with Gasteiger partial charge in [-0.05, 0) is 85.5 Å². The van der Waals surface area contributed by atoms with Crippen LogP contribution in [0.4, 0.5) is 0 Å². The summed E-state index contributed by atoms with van der Waals surface area (Å²) in [6, 6.07) is -1.24. The van der Waals surface area contributed by atoms with Crippen LogP contribution in [0.3, 0.4) is 0 Å². The predicted octanol–water partition coefficient (Wildman–Crippen LogP) is 3.77. The number of amides is 8. The average molecular weight is 1060 g/mol. The number of hydrogen-bond donors (Lipinski definition) is 11. The molecule has 0 aliphatic rings. The number of thiol groups is 1. The molecule has 0 saturated heterocycles. The average Bonchev–Trinajstić information content (AvgIpc) is 3.29. The summed E-state index contributed by atoms with van der Waals surface area (Å²) in [5, 5.41) is 31.8. The molecule has 10 atom stereocenters. The van der Waals surface area contributed by atoms with Gasteiger partial charge >= 0.3 is 5.97 Å². The monoisotopic (exact) mass is 1060 g/mol. The minimum Gasteiger partial charge on any atom is -0.480 e. The van der Waals surface area contributed by atoms with E-state index in [1.807, 2.05) is 90.0 Å². The van der Waals surface area contributed by atoms with E-state index in [1.165, 1.54) is 0 Å². The minimum absolute atomic E-state index is 0.00155. The summed E-state index contributed by atoms with van der Waals surface area (Å²) >= 11 is 4.37. The lowest BCUT2D eigenvalue weighted by Crippen LogP contribution is -2.62. The first-order chi connectivity index (χ1) is 34.5. The maximum Gasteiger partial charge on any atom is 0.326 e. The molecular weight excluding hydrogens is 967 g/mol. The van der Waals surface area contributed by atoms with Gasteiger partial charge in [-0.15, -0.1) is 0 Å². The number of nitrogens with one attached hydrogen (secondary N) is 8. The van der Waals surface area contributed by atoms with Gasteiger partial charge in [-0.25, -0.2) is 4.79 Å². The largest absolute Gasteiger partial charge is 0.480 e. The van der Waals surface area contributed by atoms with Crippen LogP contribution in [-0.4, -0.2) is 118 Å². The molecule has 0 aromatic heterocycles. The molecule has 0 spiro atoms. The molecule has 0 saturated carbocycles. The third kappa shape index (κ3) is 25.3. The molecule has 0 aliphatic heterocycles. The van der Waals surface area contributed by atoms with Gasteiger partial charge in [0.1, 0.15) is 48.3 Å². The summed E-state index contributed by atoms with van der Waals surface area (Å²) in [6.45, 7) is 26.1. The zero-order chi connectivity index (χ0) is 56.6. The van der Waals surface area contributed by atoms with E-state index >= 15 is 0 Å². The van der Waals surface area contributed by atoms with Crippen molar-refractivity contribution in [3.05, 3.63) is 35.9 Å². The van der Waals surface area contributed by atoms with E-state index in [2.05, 4.69) is 55.2 Å². The van der Waals surface area contributed by atoms with Gasteiger partial charge < -0.3 is 53.4 Å². The summed E-state index contributed by atoms with van der Waals surface area (Å²) in [7, 11) is 0. The second-order valence-corrected chi connectivity index (χ2v) is 22.8. The van der Waals surface area contributed by atoms with Crippen molar-refractivity contribution in [1.29, 1.82) is 0 Å². The van der Waals surface area contributed by atoms with E-state index in [1.54, 1.807) is 37.3 Å². The Hall–Kier alpha value is -5.24. The van der Waals surface area contributed by atoms with E-state index < -0.39 is 114 Å². The number of aliphatic carboxylic acids is 1. The lowest BCUT2D eigenvalue weighted by atomic mass is 9.95. The normalized spacial score (nSPS) is 15.7. The summed E-state index contributed by atoms with van der Waals surface area (Å²) in [6.07, 6.45) is 1.80. The number of nitrogens with two attached hydrogens (primary N) is 1. The van der Waals surface area contributed by atoms with Gasteiger partial charge in [0.15, 0.2) is 0 Å². The summed E-state index contributed by atoms with van der Waals surface area (Å²) in [4.78, 5) is 123. The Morgan fingerprint density at radius 2 is 0.743 bits per heavy atom. The van der Waals surface area contributed by atoms with E-state index in [4.69, 9.17) is 5.73 Å². The van der Waals surface area contributed by atoms with Crippen LogP contribution in [0.5, 0.6) is 0 Å². The number of carbonyl (C=O) groups is 9. The van der Waals surface area contributed by atoms with Crippen LogP contribution in [0, 0.1) is 41.4 Å². The lowest BCUT2D eigenvalue weighted by Gasteiger charge is -2.30. The quantitative estimate of drug-likeness (QED) is 0.0442. The van der Waals surface area contributed by atoms with Gasteiger partial charge in [-0.3, -0.25) is 38.4 Å². The summed E-state index contributed by atoms with van der Waals surface area (Å²) in [5.74, 6) is -7.30. The molecular formula is C54H93N9O10S.